The monoisotopic (exact) mass is 480 g/mol. The van der Waals surface area contributed by atoms with Crippen LogP contribution in [0.4, 0.5) is 5.69 Å². The van der Waals surface area contributed by atoms with Crippen LogP contribution in [0, 0.1) is 0 Å². The Balaban J connectivity index is 0.00000240. The van der Waals surface area contributed by atoms with E-state index in [4.69, 9.17) is 4.74 Å². The molecule has 0 amide bonds. The van der Waals surface area contributed by atoms with E-state index in [0.717, 1.165) is 11.6 Å². The number of nitrogens with zero attached hydrogens (tertiary/aromatic N) is 1. The van der Waals surface area contributed by atoms with Crippen LogP contribution in [0.3, 0.4) is 0 Å². The molecule has 31 heavy (non-hydrogen) atoms. The normalized spacial score (nSPS) is 11.6. The number of rotatable bonds is 6. The van der Waals surface area contributed by atoms with Crippen molar-refractivity contribution in [1.82, 2.24) is 0 Å². The van der Waals surface area contributed by atoms with Gasteiger partial charge in [-0.15, -0.1) is 0 Å². The SMILES string of the molecule is COc1ccc(/C=N/Nc2ccc3cc(S(=O)(=O)[O-])cc(S(=O)(=O)[O-])c3c2)cc1.[Na+].[Na+]. The molecule has 0 bridgehead atoms. The fraction of sp³-hybridized carbons (Fsp3) is 0.0556. The zero-order chi connectivity index (χ0) is 21.2. The maximum atomic E-state index is 11.6. The Labute approximate surface area is 224 Å². The largest absolute Gasteiger partial charge is 1.00 e. The van der Waals surface area contributed by atoms with E-state index in [1.807, 2.05) is 0 Å². The molecule has 3 rings (SSSR count). The second kappa shape index (κ2) is 11.2. The van der Waals surface area contributed by atoms with Crippen molar-refractivity contribution in [2.24, 2.45) is 5.10 Å². The third-order valence-corrected chi connectivity index (χ3v) is 5.66. The van der Waals surface area contributed by atoms with Crippen molar-refractivity contribution in [3.63, 3.8) is 0 Å². The van der Waals surface area contributed by atoms with Crippen molar-refractivity contribution in [1.29, 1.82) is 0 Å². The van der Waals surface area contributed by atoms with Crippen molar-refractivity contribution in [2.45, 2.75) is 9.79 Å². The fourth-order valence-corrected chi connectivity index (χ4v) is 3.91. The van der Waals surface area contributed by atoms with Gasteiger partial charge in [0.05, 0.1) is 28.8 Å². The van der Waals surface area contributed by atoms with Crippen LogP contribution in [0.5, 0.6) is 5.75 Å². The van der Waals surface area contributed by atoms with Crippen LogP contribution in [0.25, 0.3) is 10.8 Å². The average molecular weight is 480 g/mol. The summed E-state index contributed by atoms with van der Waals surface area (Å²) in [6.07, 6.45) is 1.52. The summed E-state index contributed by atoms with van der Waals surface area (Å²) >= 11 is 0. The maximum Gasteiger partial charge on any atom is 1.00 e. The number of hydrazone groups is 1. The summed E-state index contributed by atoms with van der Waals surface area (Å²) < 4.78 is 73.5. The molecule has 152 valence electrons. The van der Waals surface area contributed by atoms with Gasteiger partial charge in [-0.05, 0) is 59.5 Å². The number of anilines is 1. The minimum atomic E-state index is -5.03. The van der Waals surface area contributed by atoms with Crippen molar-refractivity contribution in [3.8, 4) is 5.75 Å². The van der Waals surface area contributed by atoms with Gasteiger partial charge in [0.15, 0.2) is 0 Å². The van der Waals surface area contributed by atoms with Gasteiger partial charge in [0.25, 0.3) is 0 Å². The molecule has 13 heteroatoms. The van der Waals surface area contributed by atoms with E-state index in [2.05, 4.69) is 10.5 Å². The molecular weight excluding hydrogens is 466 g/mol. The summed E-state index contributed by atoms with van der Waals surface area (Å²) in [7, 11) is -8.42. The number of benzene rings is 3. The zero-order valence-corrected chi connectivity index (χ0v) is 22.5. The predicted molar refractivity (Wildman–Crippen MR) is 104 cm³/mol. The molecular formula is C18H14N2Na2O7S2. The molecule has 0 radical (unpaired) electrons. The number of hydrogen-bond donors (Lipinski definition) is 1. The summed E-state index contributed by atoms with van der Waals surface area (Å²) in [5.74, 6) is 0.690. The average Bonchev–Trinajstić information content (AvgIpc) is 2.66. The van der Waals surface area contributed by atoms with E-state index < -0.39 is 30.0 Å². The minimum absolute atomic E-state index is 0. The van der Waals surface area contributed by atoms with E-state index >= 15 is 0 Å². The predicted octanol–water partition coefficient (Wildman–Crippen LogP) is -3.89. The first-order valence-electron chi connectivity index (χ1n) is 8.01. The Hall–Kier alpha value is -0.990. The van der Waals surface area contributed by atoms with Crippen molar-refractivity contribution < 1.29 is 89.8 Å². The third kappa shape index (κ3) is 7.26. The van der Waals surface area contributed by atoms with E-state index in [9.17, 15) is 25.9 Å². The molecule has 1 N–H and O–H groups in total. The summed E-state index contributed by atoms with van der Waals surface area (Å²) in [5.41, 5.74) is 3.82. The van der Waals surface area contributed by atoms with E-state index in [1.165, 1.54) is 24.4 Å². The van der Waals surface area contributed by atoms with E-state index in [-0.39, 0.29) is 69.9 Å². The van der Waals surface area contributed by atoms with E-state index in [0.29, 0.717) is 17.5 Å². The Morgan fingerprint density at radius 1 is 0.903 bits per heavy atom. The van der Waals surface area contributed by atoms with Gasteiger partial charge in [-0.1, -0.05) is 6.07 Å². The molecule has 9 nitrogen and oxygen atoms in total. The molecule has 0 aliphatic carbocycles. The van der Waals surface area contributed by atoms with Crippen LogP contribution < -0.4 is 69.3 Å². The number of fused-ring (bicyclic) bond motifs is 1. The topological polar surface area (TPSA) is 148 Å². The van der Waals surface area contributed by atoms with Gasteiger partial charge in [-0.3, -0.25) is 5.43 Å². The molecule has 0 spiro atoms. The van der Waals surface area contributed by atoms with Crippen LogP contribution in [0.15, 0.2) is 69.5 Å². The molecule has 0 fully saturated rings. The second-order valence-electron chi connectivity index (χ2n) is 5.91. The third-order valence-electron chi connectivity index (χ3n) is 3.97. The smallest absolute Gasteiger partial charge is 0.744 e. The Bertz CT molecular complexity index is 1310. The maximum absolute atomic E-state index is 11.6. The Kier molecular flexibility index (Phi) is 10.2. The quantitative estimate of drug-likeness (QED) is 0.163. The Morgan fingerprint density at radius 3 is 2.10 bits per heavy atom. The van der Waals surface area contributed by atoms with Gasteiger partial charge in [0, 0.05) is 5.39 Å². The van der Waals surface area contributed by atoms with Gasteiger partial charge in [-0.25, -0.2) is 16.8 Å². The molecule has 0 aliphatic rings. The van der Waals surface area contributed by atoms with Crippen LogP contribution >= 0.6 is 0 Å². The molecule has 3 aromatic rings. The van der Waals surface area contributed by atoms with E-state index in [1.54, 1.807) is 31.4 Å². The van der Waals surface area contributed by atoms with Gasteiger partial charge in [0.1, 0.15) is 26.0 Å². The van der Waals surface area contributed by atoms with Crippen LogP contribution in [0.1, 0.15) is 5.56 Å². The first kappa shape index (κ1) is 28.0. The molecule has 0 aromatic heterocycles. The van der Waals surface area contributed by atoms with Crippen molar-refractivity contribution >= 4 is 42.9 Å². The zero-order valence-electron chi connectivity index (χ0n) is 16.9. The first-order valence-corrected chi connectivity index (χ1v) is 10.8. The van der Waals surface area contributed by atoms with Gasteiger partial charge in [0.2, 0.25) is 0 Å². The molecule has 0 heterocycles. The van der Waals surface area contributed by atoms with Gasteiger partial charge < -0.3 is 13.8 Å². The number of hydrogen-bond acceptors (Lipinski definition) is 9. The summed E-state index contributed by atoms with van der Waals surface area (Å²) in [6.45, 7) is 0. The number of nitrogens with one attached hydrogen (secondary N) is 1. The summed E-state index contributed by atoms with van der Waals surface area (Å²) in [6, 6.07) is 12.8. The van der Waals surface area contributed by atoms with Gasteiger partial charge in [-0.2, -0.15) is 5.10 Å². The minimum Gasteiger partial charge on any atom is -0.744 e. The van der Waals surface area contributed by atoms with Crippen LogP contribution in [-0.4, -0.2) is 39.3 Å². The molecule has 0 aliphatic heterocycles. The molecule has 0 saturated heterocycles. The molecule has 0 unspecified atom stereocenters. The number of ether oxygens (including phenoxy) is 1. The van der Waals surface area contributed by atoms with Crippen molar-refractivity contribution in [3.05, 3.63) is 60.2 Å². The van der Waals surface area contributed by atoms with Crippen molar-refractivity contribution in [2.75, 3.05) is 12.5 Å². The first-order chi connectivity index (χ1) is 13.6. The molecule has 3 aromatic carbocycles. The molecule has 0 atom stereocenters. The molecule has 0 saturated carbocycles. The van der Waals surface area contributed by atoms with Crippen LogP contribution in [0.2, 0.25) is 0 Å². The van der Waals surface area contributed by atoms with Gasteiger partial charge >= 0.3 is 59.1 Å². The summed E-state index contributed by atoms with van der Waals surface area (Å²) in [4.78, 5) is -1.59. The fourth-order valence-electron chi connectivity index (χ4n) is 2.59. The van der Waals surface area contributed by atoms with Crippen LogP contribution in [-0.2, 0) is 20.2 Å². The standard InChI is InChI=1S/C18H16N2O7S2.2Na/c1-27-15-6-2-12(3-7-15)11-19-20-14-5-4-13-8-16(28(21,22)23)10-18(17(13)9-14)29(24,25)26;;/h2-11,20H,1H3,(H,21,22,23)(H,24,25,26);;/q;2*+1/p-2/b19-11+;;. The number of methoxy groups -OCH3 is 1. The Morgan fingerprint density at radius 2 is 1.55 bits per heavy atom. The second-order valence-corrected chi connectivity index (χ2v) is 8.64. The summed E-state index contributed by atoms with van der Waals surface area (Å²) in [5, 5.41) is 4.12.